The van der Waals surface area contributed by atoms with E-state index in [4.69, 9.17) is 4.74 Å². The fraction of sp³-hybridized carbons (Fsp3) is 0.933. The topological polar surface area (TPSA) is 26.3 Å². The summed E-state index contributed by atoms with van der Waals surface area (Å²) in [6, 6.07) is 0. The van der Waals surface area contributed by atoms with Crippen LogP contribution in [0.4, 0.5) is 22.0 Å². The fourth-order valence-electron chi connectivity index (χ4n) is 1.82. The van der Waals surface area contributed by atoms with Gasteiger partial charge in [0.25, 0.3) is 12.3 Å². The highest BCUT2D eigenvalue weighted by Crippen LogP contribution is 2.32. The Morgan fingerprint density at radius 2 is 1.78 bits per heavy atom. The number of ether oxygens (including phenoxy) is 1. The lowest BCUT2D eigenvalue weighted by atomic mass is 10.1. The lowest BCUT2D eigenvalue weighted by Crippen LogP contribution is -2.35. The van der Waals surface area contributed by atoms with E-state index in [2.05, 4.69) is 0 Å². The molecule has 0 aliphatic rings. The van der Waals surface area contributed by atoms with Crippen molar-refractivity contribution >= 4 is 17.7 Å². The fourth-order valence-corrected chi connectivity index (χ4v) is 2.94. The second kappa shape index (κ2) is 11.1. The summed E-state index contributed by atoms with van der Waals surface area (Å²) < 4.78 is 68.2. The largest absolute Gasteiger partial charge is 0.462 e. The maximum Gasteiger partial charge on any atom is 0.319 e. The van der Waals surface area contributed by atoms with Crippen molar-refractivity contribution < 1.29 is 31.5 Å². The molecular formula is C15H25F5O2S. The molecule has 0 amide bonds. The van der Waals surface area contributed by atoms with Gasteiger partial charge in [-0.3, -0.25) is 4.79 Å². The van der Waals surface area contributed by atoms with Crippen LogP contribution in [0.1, 0.15) is 52.9 Å². The molecule has 8 heteroatoms. The zero-order valence-corrected chi connectivity index (χ0v) is 14.5. The Hall–Kier alpha value is -0.530. The molecule has 0 saturated heterocycles. The van der Waals surface area contributed by atoms with E-state index < -0.39 is 36.2 Å². The summed E-state index contributed by atoms with van der Waals surface area (Å²) in [7, 11) is 0. The molecule has 0 fully saturated rings. The summed E-state index contributed by atoms with van der Waals surface area (Å²) in [6.07, 6.45) is -6.30. The van der Waals surface area contributed by atoms with E-state index in [1.165, 1.54) is 0 Å². The van der Waals surface area contributed by atoms with E-state index in [-0.39, 0.29) is 18.3 Å². The Morgan fingerprint density at radius 1 is 1.17 bits per heavy atom. The van der Waals surface area contributed by atoms with Crippen molar-refractivity contribution in [3.05, 3.63) is 0 Å². The van der Waals surface area contributed by atoms with Gasteiger partial charge >= 0.3 is 5.97 Å². The Labute approximate surface area is 138 Å². The van der Waals surface area contributed by atoms with Crippen molar-refractivity contribution in [2.75, 3.05) is 5.75 Å². The average molecular weight is 364 g/mol. The summed E-state index contributed by atoms with van der Waals surface area (Å²) in [5.41, 5.74) is 0. The molecule has 0 rings (SSSR count). The van der Waals surface area contributed by atoms with E-state index >= 15 is 0 Å². The molecule has 0 aromatic heterocycles. The number of carbonyl (C=O) groups is 1. The SMILES string of the molecule is CCCCC(SCCCC(F)(F)C(F)C(F)F)C(=O)OC(C)C. The first-order valence-corrected chi connectivity index (χ1v) is 8.78. The highest BCUT2D eigenvalue weighted by atomic mass is 32.2. The van der Waals surface area contributed by atoms with Gasteiger partial charge in [0, 0.05) is 6.42 Å². The summed E-state index contributed by atoms with van der Waals surface area (Å²) in [4.78, 5) is 11.9. The average Bonchev–Trinajstić information content (AvgIpc) is 2.44. The second-order valence-corrected chi connectivity index (χ2v) is 6.90. The van der Waals surface area contributed by atoms with Crippen molar-refractivity contribution in [2.24, 2.45) is 0 Å². The molecular weight excluding hydrogens is 339 g/mol. The second-order valence-electron chi connectivity index (χ2n) is 5.59. The van der Waals surface area contributed by atoms with E-state index in [0.717, 1.165) is 24.6 Å². The third kappa shape index (κ3) is 9.37. The minimum absolute atomic E-state index is 0.150. The van der Waals surface area contributed by atoms with Crippen molar-refractivity contribution in [3.8, 4) is 0 Å². The predicted molar refractivity (Wildman–Crippen MR) is 82.1 cm³/mol. The summed E-state index contributed by atoms with van der Waals surface area (Å²) in [5.74, 6) is -4.29. The monoisotopic (exact) mass is 364 g/mol. The molecule has 23 heavy (non-hydrogen) atoms. The lowest BCUT2D eigenvalue weighted by Gasteiger charge is -2.21. The van der Waals surface area contributed by atoms with Crippen LogP contribution in [0.25, 0.3) is 0 Å². The van der Waals surface area contributed by atoms with Gasteiger partial charge in [-0.15, -0.1) is 11.8 Å². The molecule has 2 nitrogen and oxygen atoms in total. The van der Waals surface area contributed by atoms with Gasteiger partial charge in [-0.1, -0.05) is 19.8 Å². The van der Waals surface area contributed by atoms with Crippen LogP contribution in [0.3, 0.4) is 0 Å². The maximum absolute atomic E-state index is 13.2. The van der Waals surface area contributed by atoms with Gasteiger partial charge in [-0.2, -0.15) is 0 Å². The Bertz CT molecular complexity index is 340. The van der Waals surface area contributed by atoms with Gasteiger partial charge in [0.2, 0.25) is 6.17 Å². The van der Waals surface area contributed by atoms with Crippen LogP contribution >= 0.6 is 11.8 Å². The van der Waals surface area contributed by atoms with Gasteiger partial charge in [-0.25, -0.2) is 22.0 Å². The van der Waals surface area contributed by atoms with Crippen LogP contribution in [0, 0.1) is 0 Å². The molecule has 0 radical (unpaired) electrons. The number of hydrogen-bond acceptors (Lipinski definition) is 3. The molecule has 0 aromatic carbocycles. The third-order valence-corrected chi connectivity index (χ3v) is 4.39. The number of rotatable bonds is 12. The molecule has 2 atom stereocenters. The van der Waals surface area contributed by atoms with E-state index in [9.17, 15) is 26.7 Å². The van der Waals surface area contributed by atoms with E-state index in [1.54, 1.807) is 13.8 Å². The number of hydrogen-bond donors (Lipinski definition) is 0. The Balaban J connectivity index is 4.33. The standard InChI is InChI=1S/C15H25F5O2S/c1-4-5-7-11(14(21)22-10(2)3)23-9-6-8-15(19,20)12(16)13(17)18/h10-13H,4-9H2,1-3H3. The van der Waals surface area contributed by atoms with Gasteiger partial charge in [-0.05, 0) is 32.4 Å². The van der Waals surface area contributed by atoms with Crippen molar-refractivity contribution in [1.29, 1.82) is 0 Å². The third-order valence-electron chi connectivity index (χ3n) is 3.03. The van der Waals surface area contributed by atoms with Gasteiger partial charge in [0.1, 0.15) is 5.25 Å². The smallest absolute Gasteiger partial charge is 0.319 e. The molecule has 0 spiro atoms. The summed E-state index contributed by atoms with van der Waals surface area (Å²) in [5, 5.41) is -0.470. The Morgan fingerprint density at radius 3 is 2.26 bits per heavy atom. The molecule has 0 heterocycles. The van der Waals surface area contributed by atoms with Crippen molar-refractivity contribution in [1.82, 2.24) is 0 Å². The molecule has 2 unspecified atom stereocenters. The van der Waals surface area contributed by atoms with Gasteiger partial charge in [0.05, 0.1) is 6.10 Å². The van der Waals surface area contributed by atoms with Crippen LogP contribution in [-0.2, 0) is 9.53 Å². The minimum Gasteiger partial charge on any atom is -0.462 e. The lowest BCUT2D eigenvalue weighted by molar-refractivity contribution is -0.146. The zero-order chi connectivity index (χ0) is 18.0. The molecule has 0 aliphatic carbocycles. The van der Waals surface area contributed by atoms with Crippen LogP contribution in [0.15, 0.2) is 0 Å². The van der Waals surface area contributed by atoms with Crippen LogP contribution in [0.5, 0.6) is 0 Å². The number of thioether (sulfide) groups is 1. The molecule has 0 N–H and O–H groups in total. The number of alkyl halides is 5. The van der Waals surface area contributed by atoms with Crippen molar-refractivity contribution in [2.45, 2.75) is 82.7 Å². The number of halogens is 5. The number of unbranched alkanes of at least 4 members (excludes halogenated alkanes) is 1. The van der Waals surface area contributed by atoms with Crippen LogP contribution < -0.4 is 0 Å². The van der Waals surface area contributed by atoms with E-state index in [1.807, 2.05) is 6.92 Å². The highest BCUT2D eigenvalue weighted by molar-refractivity contribution is 8.00. The highest BCUT2D eigenvalue weighted by Gasteiger charge is 2.45. The molecule has 0 saturated carbocycles. The number of esters is 1. The van der Waals surface area contributed by atoms with Gasteiger partial charge in [0.15, 0.2) is 0 Å². The molecule has 0 aromatic rings. The normalized spacial score (nSPS) is 15.0. The van der Waals surface area contributed by atoms with Crippen LogP contribution in [-0.4, -0.2) is 41.6 Å². The van der Waals surface area contributed by atoms with Gasteiger partial charge < -0.3 is 4.74 Å². The van der Waals surface area contributed by atoms with Crippen LogP contribution in [0.2, 0.25) is 0 Å². The first kappa shape index (κ1) is 22.5. The van der Waals surface area contributed by atoms with E-state index in [0.29, 0.717) is 6.42 Å². The molecule has 0 aliphatic heterocycles. The molecule has 138 valence electrons. The summed E-state index contributed by atoms with van der Waals surface area (Å²) >= 11 is 1.15. The Kier molecular flexibility index (Phi) is 10.8. The summed E-state index contributed by atoms with van der Waals surface area (Å²) in [6.45, 7) is 5.39. The first-order chi connectivity index (χ1) is 10.6. The quantitative estimate of drug-likeness (QED) is 0.269. The zero-order valence-electron chi connectivity index (χ0n) is 13.7. The minimum atomic E-state index is -4.05. The maximum atomic E-state index is 13.2. The molecule has 0 bridgehead atoms. The predicted octanol–water partition coefficient (Wildman–Crippen LogP) is 5.25. The first-order valence-electron chi connectivity index (χ1n) is 7.74. The van der Waals surface area contributed by atoms with Crippen molar-refractivity contribution in [3.63, 3.8) is 0 Å². The number of carbonyl (C=O) groups excluding carboxylic acids is 1.